The maximum atomic E-state index is 13.4. The smallest absolute Gasteiger partial charge is 0.265 e. The third-order valence-electron chi connectivity index (χ3n) is 5.60. The second kappa shape index (κ2) is 7.22. The molecule has 5 rings (SSSR count). The van der Waals surface area contributed by atoms with Crippen LogP contribution < -0.4 is 5.56 Å². The molecule has 0 spiro atoms. The van der Waals surface area contributed by atoms with Crippen LogP contribution in [-0.2, 0) is 6.54 Å². The largest absolute Gasteiger partial charge is 0.304 e. The molecule has 0 fully saturated rings. The Morgan fingerprint density at radius 3 is 2.40 bits per heavy atom. The fourth-order valence-electron chi connectivity index (χ4n) is 3.75. The zero-order valence-electron chi connectivity index (χ0n) is 16.7. The van der Waals surface area contributed by atoms with Crippen LogP contribution >= 0.6 is 11.6 Å². The zero-order chi connectivity index (χ0) is 20.8. The molecule has 3 aromatic heterocycles. The Kier molecular flexibility index (Phi) is 4.51. The first-order chi connectivity index (χ1) is 14.6. The molecule has 1 atom stereocenters. The summed E-state index contributed by atoms with van der Waals surface area (Å²) in [7, 11) is 0. The van der Waals surface area contributed by atoms with Gasteiger partial charge >= 0.3 is 0 Å². The van der Waals surface area contributed by atoms with E-state index >= 15 is 0 Å². The molecule has 0 aliphatic carbocycles. The Hall–Kier alpha value is -3.25. The second-order valence-electron chi connectivity index (χ2n) is 7.51. The molecule has 0 radical (unpaired) electrons. The van der Waals surface area contributed by atoms with Crippen LogP contribution in [0.15, 0.2) is 59.7 Å². The normalized spacial score (nSPS) is 12.8. The van der Waals surface area contributed by atoms with Crippen molar-refractivity contribution in [2.75, 3.05) is 0 Å². The SMILES string of the molecule is CC[C@H](C)n1cnc2c(c1=O)c1nc3ccccc3nc1n2Cc1ccc(Cl)cc1. The van der Waals surface area contributed by atoms with Gasteiger partial charge < -0.3 is 4.57 Å². The molecule has 0 unspecified atom stereocenters. The van der Waals surface area contributed by atoms with Crippen LogP contribution in [0.2, 0.25) is 5.02 Å². The second-order valence-corrected chi connectivity index (χ2v) is 7.95. The first-order valence-electron chi connectivity index (χ1n) is 9.97. The Morgan fingerprint density at radius 1 is 1.00 bits per heavy atom. The summed E-state index contributed by atoms with van der Waals surface area (Å²) < 4.78 is 3.65. The molecule has 0 saturated carbocycles. The van der Waals surface area contributed by atoms with Gasteiger partial charge in [-0.05, 0) is 43.2 Å². The van der Waals surface area contributed by atoms with Gasteiger partial charge in [0.05, 0.1) is 17.6 Å². The van der Waals surface area contributed by atoms with Gasteiger partial charge in [-0.3, -0.25) is 9.36 Å². The molecule has 0 amide bonds. The molecule has 3 heterocycles. The average Bonchev–Trinajstić information content (AvgIpc) is 3.06. The van der Waals surface area contributed by atoms with Crippen LogP contribution in [0.3, 0.4) is 0 Å². The molecule has 30 heavy (non-hydrogen) atoms. The van der Waals surface area contributed by atoms with E-state index in [0.29, 0.717) is 33.8 Å². The average molecular weight is 418 g/mol. The van der Waals surface area contributed by atoms with Gasteiger partial charge in [0.25, 0.3) is 5.56 Å². The number of rotatable bonds is 4. The number of nitrogens with zero attached hydrogens (tertiary/aromatic N) is 5. The van der Waals surface area contributed by atoms with Crippen molar-refractivity contribution in [3.8, 4) is 0 Å². The minimum absolute atomic E-state index is 0.0532. The van der Waals surface area contributed by atoms with E-state index in [9.17, 15) is 4.79 Å². The molecule has 7 heteroatoms. The monoisotopic (exact) mass is 417 g/mol. The van der Waals surface area contributed by atoms with E-state index in [0.717, 1.165) is 23.0 Å². The van der Waals surface area contributed by atoms with Crippen molar-refractivity contribution in [3.63, 3.8) is 0 Å². The fourth-order valence-corrected chi connectivity index (χ4v) is 3.88. The summed E-state index contributed by atoms with van der Waals surface area (Å²) in [5.74, 6) is 0. The molecule has 2 aromatic carbocycles. The molecular formula is C23H20ClN5O. The summed E-state index contributed by atoms with van der Waals surface area (Å²) in [6.45, 7) is 4.59. The van der Waals surface area contributed by atoms with E-state index in [2.05, 4.69) is 11.9 Å². The minimum atomic E-state index is -0.0845. The Bertz CT molecular complexity index is 1450. The lowest BCUT2D eigenvalue weighted by molar-refractivity contribution is 0.510. The van der Waals surface area contributed by atoms with Gasteiger partial charge in [0.2, 0.25) is 0 Å². The number of para-hydroxylation sites is 2. The van der Waals surface area contributed by atoms with Crippen molar-refractivity contribution in [3.05, 3.63) is 75.8 Å². The highest BCUT2D eigenvalue weighted by Gasteiger charge is 2.21. The van der Waals surface area contributed by atoms with Crippen LogP contribution in [0.1, 0.15) is 31.9 Å². The summed E-state index contributed by atoms with van der Waals surface area (Å²) in [6.07, 6.45) is 2.47. The molecule has 0 saturated heterocycles. The highest BCUT2D eigenvalue weighted by atomic mass is 35.5. The van der Waals surface area contributed by atoms with Crippen LogP contribution in [0, 0.1) is 0 Å². The molecule has 150 valence electrons. The van der Waals surface area contributed by atoms with E-state index < -0.39 is 0 Å². The number of hydrogen-bond acceptors (Lipinski definition) is 4. The van der Waals surface area contributed by atoms with Crippen molar-refractivity contribution in [1.82, 2.24) is 24.1 Å². The summed E-state index contributed by atoms with van der Waals surface area (Å²) >= 11 is 6.04. The highest BCUT2D eigenvalue weighted by molar-refractivity contribution is 6.30. The third kappa shape index (κ3) is 2.95. The van der Waals surface area contributed by atoms with E-state index in [1.54, 1.807) is 10.9 Å². The predicted molar refractivity (Wildman–Crippen MR) is 120 cm³/mol. The predicted octanol–water partition coefficient (Wildman–Crippen LogP) is 4.97. The lowest BCUT2D eigenvalue weighted by Gasteiger charge is -2.12. The van der Waals surface area contributed by atoms with Crippen LogP contribution in [0.4, 0.5) is 0 Å². The quantitative estimate of drug-likeness (QED) is 0.414. The number of fused-ring (bicyclic) bond motifs is 4. The number of benzene rings is 2. The summed E-state index contributed by atoms with van der Waals surface area (Å²) in [5, 5.41) is 1.20. The third-order valence-corrected chi connectivity index (χ3v) is 5.85. The van der Waals surface area contributed by atoms with Gasteiger partial charge in [-0.2, -0.15) is 0 Å². The van der Waals surface area contributed by atoms with E-state index in [1.807, 2.05) is 60.0 Å². The van der Waals surface area contributed by atoms with Gasteiger partial charge in [0.15, 0.2) is 11.3 Å². The van der Waals surface area contributed by atoms with E-state index in [4.69, 9.17) is 21.6 Å². The minimum Gasteiger partial charge on any atom is -0.304 e. The highest BCUT2D eigenvalue weighted by Crippen LogP contribution is 2.26. The van der Waals surface area contributed by atoms with Gasteiger partial charge in [0, 0.05) is 11.1 Å². The fraction of sp³-hybridized carbons (Fsp3) is 0.217. The van der Waals surface area contributed by atoms with Crippen LogP contribution in [0.25, 0.3) is 33.2 Å². The van der Waals surface area contributed by atoms with Crippen molar-refractivity contribution in [2.45, 2.75) is 32.9 Å². The summed E-state index contributed by atoms with van der Waals surface area (Å²) in [5.41, 5.74) is 4.35. The Morgan fingerprint density at radius 2 is 1.70 bits per heavy atom. The number of halogens is 1. The molecule has 0 aliphatic heterocycles. The molecular weight excluding hydrogens is 398 g/mol. The standard InChI is InChI=1S/C23H20ClN5O/c1-3-14(2)29-13-25-21-19(23(29)30)20-22(27-18-7-5-4-6-17(18)26-20)28(21)12-15-8-10-16(24)11-9-15/h4-11,13-14H,3,12H2,1-2H3/t14-/m0/s1. The van der Waals surface area contributed by atoms with Gasteiger partial charge in [-0.1, -0.05) is 42.8 Å². The van der Waals surface area contributed by atoms with E-state index in [1.165, 1.54) is 0 Å². The molecule has 5 aromatic rings. The van der Waals surface area contributed by atoms with Crippen molar-refractivity contribution < 1.29 is 0 Å². The molecule has 0 aliphatic rings. The Balaban J connectivity index is 1.86. The van der Waals surface area contributed by atoms with Crippen molar-refractivity contribution in [1.29, 1.82) is 0 Å². The first-order valence-corrected chi connectivity index (χ1v) is 10.3. The Labute approximate surface area is 177 Å². The zero-order valence-corrected chi connectivity index (χ0v) is 17.5. The lowest BCUT2D eigenvalue weighted by Crippen LogP contribution is -2.23. The number of hydrogen-bond donors (Lipinski definition) is 0. The maximum Gasteiger partial charge on any atom is 0.265 e. The van der Waals surface area contributed by atoms with Gasteiger partial charge in [0.1, 0.15) is 17.2 Å². The van der Waals surface area contributed by atoms with Crippen LogP contribution in [0.5, 0.6) is 0 Å². The first kappa shape index (κ1) is 18.8. The van der Waals surface area contributed by atoms with Gasteiger partial charge in [-0.15, -0.1) is 0 Å². The summed E-state index contributed by atoms with van der Waals surface area (Å²) in [6, 6.07) is 15.4. The summed E-state index contributed by atoms with van der Waals surface area (Å²) in [4.78, 5) is 27.7. The van der Waals surface area contributed by atoms with E-state index in [-0.39, 0.29) is 11.6 Å². The molecule has 0 bridgehead atoms. The van der Waals surface area contributed by atoms with Crippen LogP contribution in [-0.4, -0.2) is 24.1 Å². The molecule has 0 N–H and O–H groups in total. The topological polar surface area (TPSA) is 65.6 Å². The lowest BCUT2D eigenvalue weighted by atomic mass is 10.2. The molecule has 6 nitrogen and oxygen atoms in total. The van der Waals surface area contributed by atoms with Gasteiger partial charge in [-0.25, -0.2) is 15.0 Å². The maximum absolute atomic E-state index is 13.4. The van der Waals surface area contributed by atoms with Crippen molar-refractivity contribution >= 4 is 44.8 Å². The number of aromatic nitrogens is 5. The van der Waals surface area contributed by atoms with Crippen molar-refractivity contribution in [2.24, 2.45) is 0 Å².